The zero-order valence-corrected chi connectivity index (χ0v) is 13.7. The van der Waals surface area contributed by atoms with Crippen LogP contribution in [0.2, 0.25) is 0 Å². The van der Waals surface area contributed by atoms with Crippen molar-refractivity contribution in [2.75, 3.05) is 30.4 Å². The highest BCUT2D eigenvalue weighted by atomic mass is 16.3. The van der Waals surface area contributed by atoms with E-state index in [2.05, 4.69) is 36.0 Å². The minimum absolute atomic E-state index is 0.146. The van der Waals surface area contributed by atoms with Crippen molar-refractivity contribution < 1.29 is 5.11 Å². The summed E-state index contributed by atoms with van der Waals surface area (Å²) in [6.45, 7) is 7.21. The van der Waals surface area contributed by atoms with Crippen LogP contribution < -0.4 is 10.2 Å². The van der Waals surface area contributed by atoms with E-state index < -0.39 is 0 Å². The second-order valence-electron chi connectivity index (χ2n) is 5.79. The number of rotatable bonds is 8. The molecule has 0 unspecified atom stereocenters. The largest absolute Gasteiger partial charge is 0.395 e. The van der Waals surface area contributed by atoms with Crippen molar-refractivity contribution in [1.29, 1.82) is 0 Å². The fraction of sp³-hybridized carbons (Fsp3) is 0.750. The number of hydrogen-bond acceptors (Lipinski definition) is 5. The first-order chi connectivity index (χ1) is 10.2. The summed E-state index contributed by atoms with van der Waals surface area (Å²) < 4.78 is 0. The highest BCUT2D eigenvalue weighted by Gasteiger charge is 2.29. The first-order valence-electron chi connectivity index (χ1n) is 8.09. The van der Waals surface area contributed by atoms with Gasteiger partial charge in [0.1, 0.15) is 17.5 Å². The number of aliphatic hydroxyl groups is 1. The monoisotopic (exact) mass is 292 g/mol. The molecular weight excluding hydrogens is 264 g/mol. The molecular formula is C16H28N4O. The van der Waals surface area contributed by atoms with Gasteiger partial charge in [0.25, 0.3) is 0 Å². The number of hydrogen-bond donors (Lipinski definition) is 2. The Morgan fingerprint density at radius 3 is 2.43 bits per heavy atom. The molecule has 118 valence electrons. The van der Waals surface area contributed by atoms with E-state index in [0.717, 1.165) is 35.9 Å². The SMILES string of the molecule is CCC(CC)N(CCO)c1nc(C2CC2)nc(NC)c1C. The van der Waals surface area contributed by atoms with E-state index >= 15 is 0 Å². The van der Waals surface area contributed by atoms with Crippen LogP contribution in [0.15, 0.2) is 0 Å². The van der Waals surface area contributed by atoms with Crippen molar-refractivity contribution in [2.45, 2.75) is 58.4 Å². The maximum Gasteiger partial charge on any atom is 0.137 e. The fourth-order valence-corrected chi connectivity index (χ4v) is 2.87. The lowest BCUT2D eigenvalue weighted by Crippen LogP contribution is -2.38. The molecule has 1 saturated carbocycles. The van der Waals surface area contributed by atoms with Crippen LogP contribution in [0.5, 0.6) is 0 Å². The third-order valence-corrected chi connectivity index (χ3v) is 4.31. The number of aromatic nitrogens is 2. The zero-order valence-electron chi connectivity index (χ0n) is 13.7. The molecule has 5 nitrogen and oxygen atoms in total. The lowest BCUT2D eigenvalue weighted by molar-refractivity contribution is 0.295. The summed E-state index contributed by atoms with van der Waals surface area (Å²) in [4.78, 5) is 11.8. The topological polar surface area (TPSA) is 61.3 Å². The number of nitrogens with one attached hydrogen (secondary N) is 1. The van der Waals surface area contributed by atoms with Crippen molar-refractivity contribution >= 4 is 11.6 Å². The summed E-state index contributed by atoms with van der Waals surface area (Å²) in [7, 11) is 1.91. The third-order valence-electron chi connectivity index (χ3n) is 4.31. The molecule has 5 heteroatoms. The summed E-state index contributed by atoms with van der Waals surface area (Å²) in [5, 5.41) is 12.6. The Bertz CT molecular complexity index is 470. The molecule has 2 rings (SSSR count). The minimum atomic E-state index is 0.146. The molecule has 0 atom stereocenters. The van der Waals surface area contributed by atoms with E-state index in [0.29, 0.717) is 18.5 Å². The third kappa shape index (κ3) is 3.46. The van der Waals surface area contributed by atoms with E-state index in [1.165, 1.54) is 12.8 Å². The van der Waals surface area contributed by atoms with Gasteiger partial charge in [0.05, 0.1) is 6.61 Å². The second-order valence-corrected chi connectivity index (χ2v) is 5.79. The second kappa shape index (κ2) is 7.07. The van der Waals surface area contributed by atoms with E-state index in [9.17, 15) is 5.11 Å². The summed E-state index contributed by atoms with van der Waals surface area (Å²) in [5.41, 5.74) is 1.07. The predicted molar refractivity (Wildman–Crippen MR) is 87.1 cm³/mol. The lowest BCUT2D eigenvalue weighted by atomic mass is 10.1. The molecule has 1 aliphatic carbocycles. The van der Waals surface area contributed by atoms with Gasteiger partial charge in [-0.1, -0.05) is 13.8 Å². The van der Waals surface area contributed by atoms with Crippen LogP contribution in [0.3, 0.4) is 0 Å². The molecule has 0 saturated heterocycles. The van der Waals surface area contributed by atoms with E-state index in [1.807, 2.05) is 7.05 Å². The number of nitrogens with zero attached hydrogens (tertiary/aromatic N) is 3. The molecule has 1 aromatic heterocycles. The minimum Gasteiger partial charge on any atom is -0.395 e. The van der Waals surface area contributed by atoms with E-state index in [1.54, 1.807) is 0 Å². The summed E-state index contributed by atoms with van der Waals surface area (Å²) in [5.74, 6) is 3.37. The normalized spacial score (nSPS) is 14.6. The smallest absolute Gasteiger partial charge is 0.137 e. The average molecular weight is 292 g/mol. The average Bonchev–Trinajstić information content (AvgIpc) is 3.33. The Labute approximate surface area is 127 Å². The van der Waals surface area contributed by atoms with Gasteiger partial charge in [-0.05, 0) is 32.6 Å². The van der Waals surface area contributed by atoms with Gasteiger partial charge in [0.15, 0.2) is 0 Å². The van der Waals surface area contributed by atoms with Crippen LogP contribution in [0, 0.1) is 6.92 Å². The molecule has 0 amide bonds. The Kier molecular flexibility index (Phi) is 5.39. The quantitative estimate of drug-likeness (QED) is 0.771. The maximum absolute atomic E-state index is 9.45. The predicted octanol–water partition coefficient (Wildman–Crippen LogP) is 2.69. The number of anilines is 2. The Morgan fingerprint density at radius 1 is 1.29 bits per heavy atom. The van der Waals surface area contributed by atoms with E-state index in [-0.39, 0.29) is 6.61 Å². The van der Waals surface area contributed by atoms with Crippen LogP contribution in [-0.4, -0.2) is 41.3 Å². The van der Waals surface area contributed by atoms with Crippen LogP contribution in [-0.2, 0) is 0 Å². The Hall–Kier alpha value is -1.36. The molecule has 0 radical (unpaired) electrons. The molecule has 1 heterocycles. The van der Waals surface area contributed by atoms with Gasteiger partial charge in [0, 0.05) is 31.1 Å². The molecule has 1 aromatic rings. The summed E-state index contributed by atoms with van der Waals surface area (Å²) in [6, 6.07) is 0.405. The van der Waals surface area contributed by atoms with Crippen molar-refractivity contribution in [3.05, 3.63) is 11.4 Å². The number of aliphatic hydroxyl groups excluding tert-OH is 1. The van der Waals surface area contributed by atoms with Gasteiger partial charge in [-0.25, -0.2) is 9.97 Å². The van der Waals surface area contributed by atoms with Gasteiger partial charge >= 0.3 is 0 Å². The van der Waals surface area contributed by atoms with E-state index in [4.69, 9.17) is 4.98 Å². The fourth-order valence-electron chi connectivity index (χ4n) is 2.87. The van der Waals surface area contributed by atoms with Gasteiger partial charge in [-0.3, -0.25) is 0 Å². The molecule has 1 aliphatic rings. The van der Waals surface area contributed by atoms with Crippen molar-refractivity contribution in [1.82, 2.24) is 9.97 Å². The van der Waals surface area contributed by atoms with Gasteiger partial charge in [0.2, 0.25) is 0 Å². The molecule has 0 bridgehead atoms. The van der Waals surface area contributed by atoms with Gasteiger partial charge in [-0.15, -0.1) is 0 Å². The highest BCUT2D eigenvalue weighted by Crippen LogP contribution is 2.40. The molecule has 0 aliphatic heterocycles. The molecule has 1 fully saturated rings. The van der Waals surface area contributed by atoms with Crippen LogP contribution >= 0.6 is 0 Å². The van der Waals surface area contributed by atoms with Gasteiger partial charge < -0.3 is 15.3 Å². The Balaban J connectivity index is 2.44. The van der Waals surface area contributed by atoms with Crippen molar-refractivity contribution in [2.24, 2.45) is 0 Å². The first kappa shape index (κ1) is 16.0. The lowest BCUT2D eigenvalue weighted by Gasteiger charge is -2.32. The van der Waals surface area contributed by atoms with Gasteiger partial charge in [-0.2, -0.15) is 0 Å². The summed E-state index contributed by atoms with van der Waals surface area (Å²) in [6.07, 6.45) is 4.48. The Morgan fingerprint density at radius 2 is 1.95 bits per heavy atom. The zero-order chi connectivity index (χ0) is 15.4. The van der Waals surface area contributed by atoms with Crippen LogP contribution in [0.25, 0.3) is 0 Å². The summed E-state index contributed by atoms with van der Waals surface area (Å²) >= 11 is 0. The van der Waals surface area contributed by atoms with Crippen LogP contribution in [0.4, 0.5) is 11.6 Å². The van der Waals surface area contributed by atoms with Crippen molar-refractivity contribution in [3.63, 3.8) is 0 Å². The first-order valence-corrected chi connectivity index (χ1v) is 8.09. The van der Waals surface area contributed by atoms with Crippen LogP contribution in [0.1, 0.15) is 56.8 Å². The molecule has 21 heavy (non-hydrogen) atoms. The highest BCUT2D eigenvalue weighted by molar-refractivity contribution is 5.59. The maximum atomic E-state index is 9.45. The van der Waals surface area contributed by atoms with Crippen molar-refractivity contribution in [3.8, 4) is 0 Å². The molecule has 0 aromatic carbocycles. The standard InChI is InChI=1S/C16H28N4O/c1-5-13(6-2)20(9-10-21)16-11(3)14(17-4)18-15(19-16)12-7-8-12/h12-13,21H,5-10H2,1-4H3,(H,17,18,19). The molecule has 2 N–H and O–H groups in total. The molecule has 0 spiro atoms.